The van der Waals surface area contributed by atoms with E-state index in [1.165, 1.54) is 24.8 Å². The number of aliphatic carboxylic acids is 1. The molecule has 1 aromatic heterocycles. The van der Waals surface area contributed by atoms with Gasteiger partial charge < -0.3 is 5.11 Å². The molecule has 2 heterocycles. The van der Waals surface area contributed by atoms with E-state index >= 15 is 0 Å². The Morgan fingerprint density at radius 3 is 2.90 bits per heavy atom. The molecule has 1 N–H and O–H groups in total. The van der Waals surface area contributed by atoms with Crippen molar-refractivity contribution < 1.29 is 9.90 Å². The van der Waals surface area contributed by atoms with Gasteiger partial charge in [0.05, 0.1) is 5.41 Å². The van der Waals surface area contributed by atoms with Crippen molar-refractivity contribution in [2.45, 2.75) is 57.9 Å². The van der Waals surface area contributed by atoms with Crippen LogP contribution in [0.3, 0.4) is 0 Å². The third kappa shape index (κ3) is 2.76. The molecule has 1 unspecified atom stereocenters. The average Bonchev–Trinajstić information content (AvgIpc) is 2.96. The predicted molar refractivity (Wildman–Crippen MR) is 85.8 cm³/mol. The molecule has 0 radical (unpaired) electrons. The lowest BCUT2D eigenvalue weighted by Gasteiger charge is -2.43. The molecule has 1 atom stereocenters. The Morgan fingerprint density at radius 2 is 2.24 bits per heavy atom. The molecule has 0 aromatic carbocycles. The number of hydrogen-bond donors (Lipinski definition) is 1. The molecular weight excluding hydrogens is 282 g/mol. The molecule has 1 fully saturated rings. The maximum Gasteiger partial charge on any atom is 0.309 e. The fourth-order valence-corrected chi connectivity index (χ4v) is 5.14. The van der Waals surface area contributed by atoms with Crippen LogP contribution in [0.5, 0.6) is 0 Å². The zero-order valence-electron chi connectivity index (χ0n) is 12.8. The molecule has 3 nitrogen and oxygen atoms in total. The standard InChI is InChI=1S/C17H25NO2S/c1-2-7-17(16(19)20)8-10-18(11-9-17)14-4-3-5-15-13(14)6-12-21-15/h6,12,14H,2-5,7-11H2,1H3,(H,19,20). The van der Waals surface area contributed by atoms with Crippen molar-refractivity contribution in [2.75, 3.05) is 13.1 Å². The summed E-state index contributed by atoms with van der Waals surface area (Å²) in [5.41, 5.74) is 1.06. The maximum absolute atomic E-state index is 11.7. The van der Waals surface area contributed by atoms with E-state index < -0.39 is 11.4 Å². The molecule has 116 valence electrons. The molecule has 0 bridgehead atoms. The number of hydrogen-bond acceptors (Lipinski definition) is 3. The Morgan fingerprint density at radius 1 is 1.48 bits per heavy atom. The summed E-state index contributed by atoms with van der Waals surface area (Å²) in [6.45, 7) is 3.97. The average molecular weight is 307 g/mol. The minimum absolute atomic E-state index is 0.461. The van der Waals surface area contributed by atoms with Crippen molar-refractivity contribution in [3.63, 3.8) is 0 Å². The Balaban J connectivity index is 1.71. The van der Waals surface area contributed by atoms with Gasteiger partial charge in [0.25, 0.3) is 0 Å². The van der Waals surface area contributed by atoms with Gasteiger partial charge in [0, 0.05) is 10.9 Å². The third-order valence-corrected chi connectivity index (χ3v) is 6.39. The summed E-state index contributed by atoms with van der Waals surface area (Å²) >= 11 is 1.89. The highest BCUT2D eigenvalue weighted by Crippen LogP contribution is 2.42. The van der Waals surface area contributed by atoms with Gasteiger partial charge in [-0.15, -0.1) is 11.3 Å². The number of piperidine rings is 1. The fraction of sp³-hybridized carbons (Fsp3) is 0.706. The Labute approximate surface area is 131 Å². The van der Waals surface area contributed by atoms with E-state index in [0.717, 1.165) is 38.8 Å². The minimum Gasteiger partial charge on any atom is -0.481 e. The lowest BCUT2D eigenvalue weighted by Crippen LogP contribution is -2.46. The molecule has 0 spiro atoms. The summed E-state index contributed by atoms with van der Waals surface area (Å²) in [5, 5.41) is 11.8. The van der Waals surface area contributed by atoms with E-state index in [1.54, 1.807) is 4.88 Å². The quantitative estimate of drug-likeness (QED) is 0.910. The highest BCUT2D eigenvalue weighted by Gasteiger charge is 2.42. The largest absolute Gasteiger partial charge is 0.481 e. The molecule has 1 saturated heterocycles. The normalized spacial score (nSPS) is 25.5. The fourth-order valence-electron chi connectivity index (χ4n) is 4.15. The van der Waals surface area contributed by atoms with Crippen LogP contribution < -0.4 is 0 Å². The Bertz CT molecular complexity index is 503. The smallest absolute Gasteiger partial charge is 0.309 e. The summed E-state index contributed by atoms with van der Waals surface area (Å²) in [5.74, 6) is -0.580. The summed E-state index contributed by atoms with van der Waals surface area (Å²) in [4.78, 5) is 15.8. The van der Waals surface area contributed by atoms with Crippen molar-refractivity contribution >= 4 is 17.3 Å². The molecule has 0 saturated carbocycles. The third-order valence-electron chi connectivity index (χ3n) is 5.40. The van der Waals surface area contributed by atoms with Gasteiger partial charge in [-0.3, -0.25) is 9.69 Å². The van der Waals surface area contributed by atoms with Crippen molar-refractivity contribution in [3.8, 4) is 0 Å². The van der Waals surface area contributed by atoms with Crippen molar-refractivity contribution in [1.29, 1.82) is 0 Å². The van der Waals surface area contributed by atoms with Crippen LogP contribution >= 0.6 is 11.3 Å². The van der Waals surface area contributed by atoms with Crippen molar-refractivity contribution in [3.05, 3.63) is 21.9 Å². The van der Waals surface area contributed by atoms with Crippen LogP contribution in [0.4, 0.5) is 0 Å². The topological polar surface area (TPSA) is 40.5 Å². The van der Waals surface area contributed by atoms with Gasteiger partial charge in [-0.05, 0) is 68.6 Å². The lowest BCUT2D eigenvalue weighted by molar-refractivity contribution is -0.153. The number of thiophene rings is 1. The van der Waals surface area contributed by atoms with Crippen LogP contribution in [0, 0.1) is 5.41 Å². The molecule has 21 heavy (non-hydrogen) atoms. The van der Waals surface area contributed by atoms with Crippen molar-refractivity contribution in [1.82, 2.24) is 4.90 Å². The van der Waals surface area contributed by atoms with Gasteiger partial charge in [0.1, 0.15) is 0 Å². The zero-order chi connectivity index (χ0) is 14.9. The van der Waals surface area contributed by atoms with Crippen LogP contribution in [0.1, 0.15) is 61.9 Å². The number of carboxylic acids is 1. The van der Waals surface area contributed by atoms with Gasteiger partial charge in [0.15, 0.2) is 0 Å². The Kier molecular flexibility index (Phi) is 4.36. The van der Waals surface area contributed by atoms with E-state index in [4.69, 9.17) is 0 Å². The van der Waals surface area contributed by atoms with Crippen LogP contribution in [0.15, 0.2) is 11.4 Å². The van der Waals surface area contributed by atoms with Gasteiger partial charge >= 0.3 is 5.97 Å². The molecule has 2 aliphatic rings. The highest BCUT2D eigenvalue weighted by atomic mass is 32.1. The van der Waals surface area contributed by atoms with Gasteiger partial charge in [-0.2, -0.15) is 0 Å². The van der Waals surface area contributed by atoms with E-state index in [0.29, 0.717) is 6.04 Å². The predicted octanol–water partition coefficient (Wildman–Crippen LogP) is 4.09. The van der Waals surface area contributed by atoms with E-state index in [9.17, 15) is 9.90 Å². The molecule has 1 aliphatic heterocycles. The van der Waals surface area contributed by atoms with Crippen LogP contribution in [0.2, 0.25) is 0 Å². The van der Waals surface area contributed by atoms with Gasteiger partial charge in [0.2, 0.25) is 0 Å². The highest BCUT2D eigenvalue weighted by molar-refractivity contribution is 7.10. The number of nitrogens with zero attached hydrogens (tertiary/aromatic N) is 1. The minimum atomic E-state index is -0.580. The summed E-state index contributed by atoms with van der Waals surface area (Å²) in [6.07, 6.45) is 7.14. The number of carbonyl (C=O) groups is 1. The van der Waals surface area contributed by atoms with Crippen LogP contribution in [0.25, 0.3) is 0 Å². The number of carboxylic acid groups (broad SMARTS) is 1. The first-order valence-corrected chi connectivity index (χ1v) is 9.08. The zero-order valence-corrected chi connectivity index (χ0v) is 13.6. The first-order chi connectivity index (χ1) is 10.2. The van der Waals surface area contributed by atoms with E-state index in [2.05, 4.69) is 23.3 Å². The second-order valence-electron chi connectivity index (χ2n) is 6.58. The molecular formula is C17H25NO2S. The number of fused-ring (bicyclic) bond motifs is 1. The van der Waals surface area contributed by atoms with Gasteiger partial charge in [-0.25, -0.2) is 0 Å². The van der Waals surface area contributed by atoms with E-state index in [1.807, 2.05) is 11.3 Å². The Hall–Kier alpha value is -0.870. The molecule has 1 aliphatic carbocycles. The second kappa shape index (κ2) is 6.09. The molecule has 3 rings (SSSR count). The summed E-state index contributed by atoms with van der Waals surface area (Å²) in [7, 11) is 0. The molecule has 4 heteroatoms. The van der Waals surface area contributed by atoms with Crippen LogP contribution in [-0.4, -0.2) is 29.1 Å². The number of aryl methyl sites for hydroxylation is 1. The monoisotopic (exact) mass is 307 g/mol. The first-order valence-electron chi connectivity index (χ1n) is 8.20. The summed E-state index contributed by atoms with van der Waals surface area (Å²) < 4.78 is 0. The number of likely N-dealkylation sites (tertiary alicyclic amines) is 1. The van der Waals surface area contributed by atoms with Crippen molar-refractivity contribution in [2.24, 2.45) is 5.41 Å². The molecule has 1 aromatic rings. The first kappa shape index (κ1) is 15.0. The molecule has 0 amide bonds. The van der Waals surface area contributed by atoms with Crippen LogP contribution in [-0.2, 0) is 11.2 Å². The number of rotatable bonds is 4. The maximum atomic E-state index is 11.7. The van der Waals surface area contributed by atoms with E-state index in [-0.39, 0.29) is 0 Å². The summed E-state index contributed by atoms with van der Waals surface area (Å²) in [6, 6.07) is 2.82. The second-order valence-corrected chi connectivity index (χ2v) is 7.58. The van der Waals surface area contributed by atoms with Gasteiger partial charge in [-0.1, -0.05) is 13.3 Å². The SMILES string of the molecule is CCCC1(C(=O)O)CCN(C2CCCc3sccc32)CC1. The lowest BCUT2D eigenvalue weighted by atomic mass is 9.74.